The normalized spacial score (nSPS) is 14.4. The summed E-state index contributed by atoms with van der Waals surface area (Å²) in [4.78, 5) is 11.9. The zero-order valence-corrected chi connectivity index (χ0v) is 12.7. The molecule has 1 rings (SSSR count). The van der Waals surface area contributed by atoms with Crippen LogP contribution in [0.15, 0.2) is 18.2 Å². The second-order valence-corrected chi connectivity index (χ2v) is 6.17. The van der Waals surface area contributed by atoms with Crippen LogP contribution in [-0.2, 0) is 0 Å². The first-order chi connectivity index (χ1) is 9.65. The maximum Gasteiger partial charge on any atom is 0.315 e. The van der Waals surface area contributed by atoms with Crippen LogP contribution in [0.4, 0.5) is 13.6 Å². The zero-order valence-electron chi connectivity index (χ0n) is 12.7. The van der Waals surface area contributed by atoms with Crippen molar-refractivity contribution in [1.29, 1.82) is 0 Å². The van der Waals surface area contributed by atoms with Gasteiger partial charge in [-0.3, -0.25) is 0 Å². The lowest BCUT2D eigenvalue weighted by atomic mass is 9.82. The predicted molar refractivity (Wildman–Crippen MR) is 76.8 cm³/mol. The van der Waals surface area contributed by atoms with Crippen LogP contribution in [-0.4, -0.2) is 23.8 Å². The molecule has 0 saturated carbocycles. The summed E-state index contributed by atoms with van der Waals surface area (Å²) in [6.45, 7) is 6.98. The van der Waals surface area contributed by atoms with Gasteiger partial charge in [-0.1, -0.05) is 26.8 Å². The molecule has 0 fully saturated rings. The quantitative estimate of drug-likeness (QED) is 0.800. The molecule has 0 bridgehead atoms. The largest absolute Gasteiger partial charge is 0.394 e. The van der Waals surface area contributed by atoms with Gasteiger partial charge >= 0.3 is 6.03 Å². The minimum Gasteiger partial charge on any atom is -0.394 e. The Morgan fingerprint density at radius 1 is 1.29 bits per heavy atom. The fourth-order valence-electron chi connectivity index (χ4n) is 1.94. The van der Waals surface area contributed by atoms with Gasteiger partial charge in [0.1, 0.15) is 11.6 Å². The van der Waals surface area contributed by atoms with Crippen LogP contribution in [0.2, 0.25) is 0 Å². The van der Waals surface area contributed by atoms with Gasteiger partial charge in [-0.05, 0) is 18.4 Å². The molecule has 118 valence electrons. The number of hydrogen-bond donors (Lipinski definition) is 3. The molecule has 1 aromatic rings. The molecule has 0 aliphatic rings. The average Bonchev–Trinajstić information content (AvgIpc) is 2.35. The van der Waals surface area contributed by atoms with Crippen molar-refractivity contribution in [2.24, 2.45) is 5.41 Å². The topological polar surface area (TPSA) is 61.4 Å². The molecule has 4 nitrogen and oxygen atoms in total. The Balaban J connectivity index is 2.99. The SMILES string of the molecule is CC(CO)NC(=O)NC(c1ccc(F)cc1F)C(C)(C)C. The number of rotatable bonds is 4. The van der Waals surface area contributed by atoms with E-state index < -0.39 is 35.2 Å². The maximum atomic E-state index is 14.0. The highest BCUT2D eigenvalue weighted by molar-refractivity contribution is 5.74. The van der Waals surface area contributed by atoms with E-state index in [0.717, 1.165) is 12.1 Å². The van der Waals surface area contributed by atoms with Gasteiger partial charge < -0.3 is 15.7 Å². The Kier molecular flexibility index (Phi) is 5.66. The van der Waals surface area contributed by atoms with Crippen molar-refractivity contribution in [2.45, 2.75) is 39.8 Å². The molecule has 0 spiro atoms. The van der Waals surface area contributed by atoms with E-state index in [2.05, 4.69) is 10.6 Å². The second kappa shape index (κ2) is 6.85. The van der Waals surface area contributed by atoms with E-state index in [4.69, 9.17) is 5.11 Å². The summed E-state index contributed by atoms with van der Waals surface area (Å²) in [6.07, 6.45) is 0. The van der Waals surface area contributed by atoms with E-state index >= 15 is 0 Å². The van der Waals surface area contributed by atoms with E-state index in [9.17, 15) is 13.6 Å². The van der Waals surface area contributed by atoms with Gasteiger partial charge in [0.15, 0.2) is 0 Å². The van der Waals surface area contributed by atoms with Crippen LogP contribution in [0, 0.1) is 17.0 Å². The minimum atomic E-state index is -0.703. The van der Waals surface area contributed by atoms with Crippen molar-refractivity contribution in [3.63, 3.8) is 0 Å². The first-order valence-corrected chi connectivity index (χ1v) is 6.78. The second-order valence-electron chi connectivity index (χ2n) is 6.17. The third-order valence-corrected chi connectivity index (χ3v) is 3.07. The van der Waals surface area contributed by atoms with Crippen molar-refractivity contribution < 1.29 is 18.7 Å². The van der Waals surface area contributed by atoms with Crippen molar-refractivity contribution in [3.05, 3.63) is 35.4 Å². The van der Waals surface area contributed by atoms with E-state index in [-0.39, 0.29) is 12.2 Å². The molecule has 3 N–H and O–H groups in total. The number of carbonyl (C=O) groups is 1. The summed E-state index contributed by atoms with van der Waals surface area (Å²) >= 11 is 0. The van der Waals surface area contributed by atoms with Crippen LogP contribution in [0.1, 0.15) is 39.3 Å². The van der Waals surface area contributed by atoms with Gasteiger partial charge in [0.05, 0.1) is 18.7 Å². The van der Waals surface area contributed by atoms with Gasteiger partial charge in [-0.2, -0.15) is 0 Å². The van der Waals surface area contributed by atoms with Crippen LogP contribution in [0.3, 0.4) is 0 Å². The third kappa shape index (κ3) is 4.97. The first-order valence-electron chi connectivity index (χ1n) is 6.78. The number of hydrogen-bond acceptors (Lipinski definition) is 2. The van der Waals surface area contributed by atoms with E-state index in [1.165, 1.54) is 6.07 Å². The Hall–Kier alpha value is -1.69. The molecule has 2 unspecified atom stereocenters. The van der Waals surface area contributed by atoms with E-state index in [0.29, 0.717) is 0 Å². The van der Waals surface area contributed by atoms with Crippen LogP contribution >= 0.6 is 0 Å². The summed E-state index contributed by atoms with van der Waals surface area (Å²) in [5.41, 5.74) is -0.256. The Morgan fingerprint density at radius 3 is 2.38 bits per heavy atom. The van der Waals surface area contributed by atoms with E-state index in [1.54, 1.807) is 6.92 Å². The molecule has 0 heterocycles. The first kappa shape index (κ1) is 17.4. The molecule has 1 aromatic carbocycles. The molecule has 0 radical (unpaired) electrons. The van der Waals surface area contributed by atoms with Crippen molar-refractivity contribution >= 4 is 6.03 Å². The van der Waals surface area contributed by atoms with Crippen LogP contribution < -0.4 is 10.6 Å². The molecule has 0 aliphatic heterocycles. The number of amides is 2. The highest BCUT2D eigenvalue weighted by Gasteiger charge is 2.30. The number of benzene rings is 1. The third-order valence-electron chi connectivity index (χ3n) is 3.07. The molecule has 0 saturated heterocycles. The zero-order chi connectivity index (χ0) is 16.2. The molecule has 0 aliphatic carbocycles. The Bertz CT molecular complexity index is 501. The molecule has 6 heteroatoms. The van der Waals surface area contributed by atoms with Gasteiger partial charge in [-0.15, -0.1) is 0 Å². The van der Waals surface area contributed by atoms with Gasteiger partial charge in [0.25, 0.3) is 0 Å². The van der Waals surface area contributed by atoms with Crippen molar-refractivity contribution in [1.82, 2.24) is 10.6 Å². The molecule has 0 aromatic heterocycles. The number of aliphatic hydroxyl groups excluding tert-OH is 1. The number of carbonyl (C=O) groups excluding carboxylic acids is 1. The Labute approximate surface area is 123 Å². The highest BCUT2D eigenvalue weighted by atomic mass is 19.1. The molecule has 2 amide bonds. The van der Waals surface area contributed by atoms with Gasteiger partial charge in [0.2, 0.25) is 0 Å². The smallest absolute Gasteiger partial charge is 0.315 e. The summed E-state index contributed by atoms with van der Waals surface area (Å²) in [6, 6.07) is 1.72. The summed E-state index contributed by atoms with van der Waals surface area (Å²) < 4.78 is 27.0. The lowest BCUT2D eigenvalue weighted by Crippen LogP contribution is -2.46. The minimum absolute atomic E-state index is 0.196. The predicted octanol–water partition coefficient (Wildman–Crippen LogP) is 2.73. The number of aliphatic hydroxyl groups is 1. The molecule has 2 atom stereocenters. The summed E-state index contributed by atoms with van der Waals surface area (Å²) in [7, 11) is 0. The van der Waals surface area contributed by atoms with Gasteiger partial charge in [0, 0.05) is 11.6 Å². The number of urea groups is 1. The monoisotopic (exact) mass is 300 g/mol. The fraction of sp³-hybridized carbons (Fsp3) is 0.533. The number of nitrogens with one attached hydrogen (secondary N) is 2. The van der Waals surface area contributed by atoms with E-state index in [1.807, 2.05) is 20.8 Å². The lowest BCUT2D eigenvalue weighted by Gasteiger charge is -2.32. The molecule has 21 heavy (non-hydrogen) atoms. The molecular formula is C15H22F2N2O2. The van der Waals surface area contributed by atoms with Crippen molar-refractivity contribution in [3.8, 4) is 0 Å². The summed E-state index contributed by atoms with van der Waals surface area (Å²) in [5.74, 6) is -1.37. The fourth-order valence-corrected chi connectivity index (χ4v) is 1.94. The highest BCUT2D eigenvalue weighted by Crippen LogP contribution is 2.34. The standard InChI is InChI=1S/C15H22F2N2O2/c1-9(8-20)18-14(21)19-13(15(2,3)4)11-6-5-10(16)7-12(11)17/h5-7,9,13,20H,8H2,1-4H3,(H2,18,19,21). The van der Waals surface area contributed by atoms with Crippen LogP contribution in [0.25, 0.3) is 0 Å². The van der Waals surface area contributed by atoms with Crippen LogP contribution in [0.5, 0.6) is 0 Å². The van der Waals surface area contributed by atoms with Crippen molar-refractivity contribution in [2.75, 3.05) is 6.61 Å². The maximum absolute atomic E-state index is 14.0. The summed E-state index contributed by atoms with van der Waals surface area (Å²) in [5, 5.41) is 14.1. The number of halogens is 2. The average molecular weight is 300 g/mol. The molecular weight excluding hydrogens is 278 g/mol. The van der Waals surface area contributed by atoms with Gasteiger partial charge in [-0.25, -0.2) is 13.6 Å². The lowest BCUT2D eigenvalue weighted by molar-refractivity contribution is 0.203. The Morgan fingerprint density at radius 2 is 1.90 bits per heavy atom.